The number of aliphatic hydroxyl groups is 2. The fraction of sp³-hybridized carbons (Fsp3) is 0.448. The number of amides is 1. The summed E-state index contributed by atoms with van der Waals surface area (Å²) in [5, 5.41) is 30.3. The third-order valence-electron chi connectivity index (χ3n) is 8.04. The lowest BCUT2D eigenvalue weighted by atomic mass is 9.80. The van der Waals surface area contributed by atoms with Gasteiger partial charge >= 0.3 is 0 Å². The molecule has 0 radical (unpaired) electrons. The number of carbonyl (C=O) groups excluding carboxylic acids is 1. The number of aryl methyl sites for hydroxylation is 1. The van der Waals surface area contributed by atoms with Gasteiger partial charge in [0, 0.05) is 23.4 Å². The van der Waals surface area contributed by atoms with E-state index in [-0.39, 0.29) is 11.8 Å². The Kier molecular flexibility index (Phi) is 7.32. The molecule has 1 aliphatic carbocycles. The Morgan fingerprint density at radius 2 is 2.00 bits per heavy atom. The van der Waals surface area contributed by atoms with Crippen LogP contribution in [0.1, 0.15) is 69.5 Å². The molecule has 4 atom stereocenters. The molecule has 0 bridgehead atoms. The predicted molar refractivity (Wildman–Crippen MR) is 148 cm³/mol. The third-order valence-corrected chi connectivity index (χ3v) is 8.04. The maximum Gasteiger partial charge on any atom is 0.225 e. The van der Waals surface area contributed by atoms with Gasteiger partial charge in [0.1, 0.15) is 17.7 Å². The molecule has 9 nitrogen and oxygen atoms in total. The minimum absolute atomic E-state index is 0.0115. The molecule has 200 valence electrons. The van der Waals surface area contributed by atoms with Crippen LogP contribution >= 0.6 is 0 Å². The summed E-state index contributed by atoms with van der Waals surface area (Å²) in [6, 6.07) is 13.7. The second-order valence-electron chi connectivity index (χ2n) is 10.8. The lowest BCUT2D eigenvalue weighted by Gasteiger charge is -2.28. The van der Waals surface area contributed by atoms with E-state index in [1.807, 2.05) is 43.3 Å². The molecule has 1 aromatic carbocycles. The Bertz CT molecular complexity index is 1450. The van der Waals surface area contributed by atoms with Crippen LogP contribution in [0.2, 0.25) is 0 Å². The van der Waals surface area contributed by atoms with Gasteiger partial charge in [-0.2, -0.15) is 5.10 Å². The van der Waals surface area contributed by atoms with Crippen molar-refractivity contribution in [3.8, 4) is 0 Å². The predicted octanol–water partition coefficient (Wildman–Crippen LogP) is 4.23. The highest BCUT2D eigenvalue weighted by atomic mass is 16.3. The summed E-state index contributed by atoms with van der Waals surface area (Å²) >= 11 is 0. The van der Waals surface area contributed by atoms with E-state index in [1.165, 1.54) is 6.33 Å². The summed E-state index contributed by atoms with van der Waals surface area (Å²) < 4.78 is 1.71. The Labute approximate surface area is 222 Å². The number of nitrogen functional groups attached to an aromatic ring is 1. The number of aliphatic hydroxyl groups excluding tert-OH is 2. The number of rotatable bonds is 9. The zero-order chi connectivity index (χ0) is 26.9. The van der Waals surface area contributed by atoms with Crippen molar-refractivity contribution in [2.75, 3.05) is 11.1 Å². The standard InChI is InChI=1S/C29H36N6O3/c1-3-4-5-6-25(36)34-24-12-9-19-8-7-18(15-21(19)33-24)13-14-29(2)16-20(26(37)27(29)38)22-10-11-23-28(30)31-17-32-35(22)23/h7-12,15,17,20,26-27,37-38H,3-6,13-14,16H2,1-2H3,(H2,30,31,32)(H,33,34,36)/t20-,26-,27-,29-/m0/s1. The molecule has 9 heteroatoms. The number of nitrogens with one attached hydrogen (secondary N) is 1. The van der Waals surface area contributed by atoms with Crippen molar-refractivity contribution in [1.29, 1.82) is 0 Å². The summed E-state index contributed by atoms with van der Waals surface area (Å²) in [4.78, 5) is 20.9. The number of nitrogens with zero attached hydrogens (tertiary/aromatic N) is 4. The molecule has 0 unspecified atom stereocenters. The highest BCUT2D eigenvalue weighted by Gasteiger charge is 2.50. The number of fused-ring (bicyclic) bond motifs is 2. The molecule has 3 aromatic heterocycles. The zero-order valence-corrected chi connectivity index (χ0v) is 22.0. The second-order valence-corrected chi connectivity index (χ2v) is 10.8. The molecule has 0 saturated heterocycles. The van der Waals surface area contributed by atoms with Crippen molar-refractivity contribution in [2.24, 2.45) is 5.41 Å². The van der Waals surface area contributed by atoms with E-state index in [4.69, 9.17) is 5.73 Å². The molecule has 0 aliphatic heterocycles. The summed E-state index contributed by atoms with van der Waals surface area (Å²) in [5.74, 6) is 0.659. The van der Waals surface area contributed by atoms with E-state index in [0.717, 1.165) is 47.8 Å². The number of hydrogen-bond acceptors (Lipinski definition) is 7. The van der Waals surface area contributed by atoms with Gasteiger partial charge < -0.3 is 21.3 Å². The Balaban J connectivity index is 1.29. The maximum absolute atomic E-state index is 12.2. The molecule has 0 spiro atoms. The first-order valence-electron chi connectivity index (χ1n) is 13.4. The second kappa shape index (κ2) is 10.7. The van der Waals surface area contributed by atoms with Crippen LogP contribution in [0.25, 0.3) is 16.4 Å². The van der Waals surface area contributed by atoms with Gasteiger partial charge in [0.25, 0.3) is 0 Å². The normalized spacial score (nSPS) is 23.3. The number of hydrogen-bond donors (Lipinski definition) is 4. The van der Waals surface area contributed by atoms with E-state index in [2.05, 4.69) is 33.4 Å². The van der Waals surface area contributed by atoms with E-state index >= 15 is 0 Å². The smallest absolute Gasteiger partial charge is 0.225 e. The van der Waals surface area contributed by atoms with Crippen LogP contribution < -0.4 is 11.1 Å². The fourth-order valence-corrected chi connectivity index (χ4v) is 5.72. The van der Waals surface area contributed by atoms with Crippen LogP contribution in [0.4, 0.5) is 11.6 Å². The molecule has 5 rings (SSSR count). The van der Waals surface area contributed by atoms with Crippen molar-refractivity contribution in [3.63, 3.8) is 0 Å². The van der Waals surface area contributed by atoms with Crippen LogP contribution in [0.5, 0.6) is 0 Å². The topological polar surface area (TPSA) is 139 Å². The first-order chi connectivity index (χ1) is 18.3. The average Bonchev–Trinajstić information content (AvgIpc) is 3.43. The SMILES string of the molecule is CCCCCC(=O)Nc1ccc2ccc(CC[C@@]3(C)C[C@@H](c4ccc5c(N)ncnn45)[C@H](O)[C@@H]3O)cc2n1. The van der Waals surface area contributed by atoms with Crippen LogP contribution in [-0.2, 0) is 11.2 Å². The monoisotopic (exact) mass is 516 g/mol. The lowest BCUT2D eigenvalue weighted by molar-refractivity contribution is -0.116. The molecule has 1 aliphatic rings. The molecule has 3 heterocycles. The third kappa shape index (κ3) is 5.08. The number of aromatic nitrogens is 4. The van der Waals surface area contributed by atoms with Gasteiger partial charge in [0.15, 0.2) is 5.82 Å². The van der Waals surface area contributed by atoms with Crippen LogP contribution in [0.15, 0.2) is 48.8 Å². The molecule has 5 N–H and O–H groups in total. The van der Waals surface area contributed by atoms with Gasteiger partial charge in [0.2, 0.25) is 5.91 Å². The van der Waals surface area contributed by atoms with E-state index in [1.54, 1.807) is 4.52 Å². The van der Waals surface area contributed by atoms with Gasteiger partial charge in [-0.05, 0) is 67.0 Å². The fourth-order valence-electron chi connectivity index (χ4n) is 5.72. The number of unbranched alkanes of at least 4 members (excludes halogenated alkanes) is 2. The molecule has 38 heavy (non-hydrogen) atoms. The quantitative estimate of drug-likeness (QED) is 0.244. The van der Waals surface area contributed by atoms with Gasteiger partial charge in [0.05, 0.1) is 17.7 Å². The highest BCUT2D eigenvalue weighted by molar-refractivity contribution is 5.91. The summed E-state index contributed by atoms with van der Waals surface area (Å²) in [5.41, 5.74) is 8.93. The molecule has 1 amide bonds. The Hall–Kier alpha value is -3.56. The number of benzene rings is 1. The molecular formula is C29H36N6O3. The summed E-state index contributed by atoms with van der Waals surface area (Å²) in [7, 11) is 0. The minimum Gasteiger partial charge on any atom is -0.390 e. The number of carbonyl (C=O) groups is 1. The van der Waals surface area contributed by atoms with Crippen molar-refractivity contribution in [2.45, 2.75) is 76.9 Å². The minimum atomic E-state index is -0.906. The van der Waals surface area contributed by atoms with E-state index < -0.39 is 17.6 Å². The average molecular weight is 517 g/mol. The van der Waals surface area contributed by atoms with Crippen molar-refractivity contribution in [3.05, 3.63) is 60.0 Å². The van der Waals surface area contributed by atoms with Crippen LogP contribution in [0.3, 0.4) is 0 Å². The highest BCUT2D eigenvalue weighted by Crippen LogP contribution is 2.49. The number of pyridine rings is 1. The Morgan fingerprint density at radius 3 is 2.82 bits per heavy atom. The summed E-state index contributed by atoms with van der Waals surface area (Å²) in [6.45, 7) is 4.15. The number of nitrogens with two attached hydrogens (primary N) is 1. The van der Waals surface area contributed by atoms with Crippen LogP contribution in [-0.4, -0.2) is 47.9 Å². The number of anilines is 2. The van der Waals surface area contributed by atoms with Gasteiger partial charge in [-0.3, -0.25) is 4.79 Å². The van der Waals surface area contributed by atoms with E-state index in [9.17, 15) is 15.0 Å². The first-order valence-corrected chi connectivity index (χ1v) is 13.4. The largest absolute Gasteiger partial charge is 0.390 e. The van der Waals surface area contributed by atoms with Gasteiger partial charge in [-0.15, -0.1) is 0 Å². The molecule has 4 aromatic rings. The molecule has 1 fully saturated rings. The summed E-state index contributed by atoms with van der Waals surface area (Å²) in [6.07, 6.45) is 5.16. The van der Waals surface area contributed by atoms with Gasteiger partial charge in [-0.1, -0.05) is 38.8 Å². The molecular weight excluding hydrogens is 480 g/mol. The zero-order valence-electron chi connectivity index (χ0n) is 22.0. The van der Waals surface area contributed by atoms with Crippen molar-refractivity contribution < 1.29 is 15.0 Å². The Morgan fingerprint density at radius 1 is 1.18 bits per heavy atom. The van der Waals surface area contributed by atoms with Crippen molar-refractivity contribution in [1.82, 2.24) is 19.6 Å². The first kappa shape index (κ1) is 26.1. The van der Waals surface area contributed by atoms with Crippen molar-refractivity contribution >= 4 is 34.0 Å². The van der Waals surface area contributed by atoms with E-state index in [0.29, 0.717) is 36.4 Å². The lowest BCUT2D eigenvalue weighted by Crippen LogP contribution is -2.34. The van der Waals surface area contributed by atoms with Gasteiger partial charge in [-0.25, -0.2) is 14.5 Å². The maximum atomic E-state index is 12.2. The molecule has 1 saturated carbocycles. The van der Waals surface area contributed by atoms with Crippen LogP contribution in [0, 0.1) is 5.41 Å².